The summed E-state index contributed by atoms with van der Waals surface area (Å²) in [5.74, 6) is -0.490. The molecule has 0 bridgehead atoms. The average molecular weight is 400 g/mol. The lowest BCUT2D eigenvalue weighted by Crippen LogP contribution is -2.21. The first-order chi connectivity index (χ1) is 13.1. The minimum atomic E-state index is -0.490. The van der Waals surface area contributed by atoms with Gasteiger partial charge in [-0.3, -0.25) is 9.67 Å². The zero-order chi connectivity index (χ0) is 20.5. The van der Waals surface area contributed by atoms with E-state index in [1.807, 2.05) is 10.9 Å². The van der Waals surface area contributed by atoms with Gasteiger partial charge in [-0.15, -0.1) is 0 Å². The number of aromatic nitrogens is 3. The predicted octanol–water partition coefficient (Wildman–Crippen LogP) is 6.40. The van der Waals surface area contributed by atoms with Gasteiger partial charge in [0.15, 0.2) is 5.82 Å². The molecule has 0 saturated heterocycles. The van der Waals surface area contributed by atoms with E-state index in [9.17, 15) is 4.39 Å². The minimum Gasteiger partial charge on any atom is -0.272 e. The average Bonchev–Trinajstić information content (AvgIpc) is 3.11. The van der Waals surface area contributed by atoms with Crippen LogP contribution in [0.25, 0.3) is 11.1 Å². The maximum Gasteiger partial charge on any atom is 0.160 e. The first-order valence-electron chi connectivity index (χ1n) is 9.51. The molecule has 28 heavy (non-hydrogen) atoms. The molecule has 0 unspecified atom stereocenters. The Hall–Kier alpha value is -2.20. The highest BCUT2D eigenvalue weighted by Crippen LogP contribution is 2.30. The zero-order valence-corrected chi connectivity index (χ0v) is 17.9. The van der Waals surface area contributed by atoms with Crippen LogP contribution < -0.4 is 0 Å². The van der Waals surface area contributed by atoms with E-state index in [0.717, 1.165) is 24.2 Å². The topological polar surface area (TPSA) is 30.7 Å². The van der Waals surface area contributed by atoms with Gasteiger partial charge in [0.25, 0.3) is 0 Å². The van der Waals surface area contributed by atoms with Crippen LogP contribution in [-0.4, -0.2) is 14.8 Å². The van der Waals surface area contributed by atoms with E-state index in [-0.39, 0.29) is 15.9 Å². The van der Waals surface area contributed by atoms with Gasteiger partial charge in [0.2, 0.25) is 0 Å². The minimum absolute atomic E-state index is 0.109. The van der Waals surface area contributed by atoms with E-state index in [0.29, 0.717) is 0 Å². The summed E-state index contributed by atoms with van der Waals surface area (Å²) in [7, 11) is 0. The van der Waals surface area contributed by atoms with Crippen molar-refractivity contribution in [1.29, 1.82) is 0 Å². The number of aryl methyl sites for hydroxylation is 1. The monoisotopic (exact) mass is 399 g/mol. The predicted molar refractivity (Wildman–Crippen MR) is 113 cm³/mol. The van der Waals surface area contributed by atoms with E-state index in [2.05, 4.69) is 75.2 Å². The lowest BCUT2D eigenvalue weighted by molar-refractivity contribution is 0.410. The standard InChI is InChI=1S/C23H27ClFN3/c1-22(2,3)18-8-6-7-16(11-18)17-13-27-28(15-17)10-9-23(4,5)21-12-19(24)20(25)14-26-21/h6-8,11-15H,9-10H2,1-5H3. The fraction of sp³-hybridized carbons (Fsp3) is 0.391. The molecule has 1 aromatic carbocycles. The van der Waals surface area contributed by atoms with Gasteiger partial charge < -0.3 is 0 Å². The van der Waals surface area contributed by atoms with Crippen LogP contribution in [0, 0.1) is 5.82 Å². The molecule has 0 saturated carbocycles. The molecule has 0 N–H and O–H groups in total. The first-order valence-corrected chi connectivity index (χ1v) is 9.89. The van der Waals surface area contributed by atoms with Gasteiger partial charge in [-0.2, -0.15) is 5.10 Å². The van der Waals surface area contributed by atoms with Crippen molar-refractivity contribution in [2.75, 3.05) is 0 Å². The number of halogens is 2. The number of hydrogen-bond acceptors (Lipinski definition) is 2. The summed E-state index contributed by atoms with van der Waals surface area (Å²) in [6, 6.07) is 10.2. The van der Waals surface area contributed by atoms with Crippen molar-refractivity contribution in [3.63, 3.8) is 0 Å². The summed E-state index contributed by atoms with van der Waals surface area (Å²) in [6.45, 7) is 11.6. The van der Waals surface area contributed by atoms with Gasteiger partial charge >= 0.3 is 0 Å². The third-order valence-corrected chi connectivity index (χ3v) is 5.45. The van der Waals surface area contributed by atoms with Crippen LogP contribution >= 0.6 is 11.6 Å². The molecular weight excluding hydrogens is 373 g/mol. The van der Waals surface area contributed by atoms with Crippen molar-refractivity contribution in [3.8, 4) is 11.1 Å². The number of benzene rings is 1. The molecule has 0 spiro atoms. The molecule has 0 atom stereocenters. The van der Waals surface area contributed by atoms with Crippen molar-refractivity contribution in [2.45, 2.75) is 58.4 Å². The maximum atomic E-state index is 13.4. The molecule has 0 amide bonds. The quantitative estimate of drug-likeness (QED) is 0.496. The van der Waals surface area contributed by atoms with Crippen LogP contribution in [0.1, 0.15) is 52.3 Å². The second kappa shape index (κ2) is 7.67. The van der Waals surface area contributed by atoms with Gasteiger partial charge in [0, 0.05) is 29.4 Å². The Bertz CT molecular complexity index is 970. The fourth-order valence-corrected chi connectivity index (χ4v) is 3.26. The molecule has 3 nitrogen and oxygen atoms in total. The van der Waals surface area contributed by atoms with Crippen LogP contribution in [0.15, 0.2) is 48.9 Å². The van der Waals surface area contributed by atoms with Crippen molar-refractivity contribution < 1.29 is 4.39 Å². The van der Waals surface area contributed by atoms with Crippen molar-refractivity contribution in [2.24, 2.45) is 0 Å². The Morgan fingerprint density at radius 3 is 2.46 bits per heavy atom. The molecule has 148 valence electrons. The highest BCUT2D eigenvalue weighted by molar-refractivity contribution is 6.30. The van der Waals surface area contributed by atoms with E-state index >= 15 is 0 Å². The Balaban J connectivity index is 1.73. The fourth-order valence-electron chi connectivity index (χ4n) is 3.11. The highest BCUT2D eigenvalue weighted by atomic mass is 35.5. The largest absolute Gasteiger partial charge is 0.272 e. The molecule has 3 aromatic rings. The number of pyridine rings is 1. The van der Waals surface area contributed by atoms with E-state index in [1.165, 1.54) is 17.3 Å². The van der Waals surface area contributed by atoms with Crippen molar-refractivity contribution in [3.05, 3.63) is 71.0 Å². The highest BCUT2D eigenvalue weighted by Gasteiger charge is 2.23. The van der Waals surface area contributed by atoms with E-state index in [4.69, 9.17) is 11.6 Å². The third-order valence-electron chi connectivity index (χ3n) is 5.16. The molecule has 5 heteroatoms. The number of nitrogens with zero attached hydrogens (tertiary/aromatic N) is 3. The Labute approximate surface area is 171 Å². The summed E-state index contributed by atoms with van der Waals surface area (Å²) in [5.41, 5.74) is 4.23. The van der Waals surface area contributed by atoms with Gasteiger partial charge in [0.1, 0.15) is 0 Å². The Morgan fingerprint density at radius 2 is 1.79 bits per heavy atom. The Kier molecular flexibility index (Phi) is 5.62. The van der Waals surface area contributed by atoms with Gasteiger partial charge in [-0.25, -0.2) is 4.39 Å². The molecule has 0 aliphatic heterocycles. The molecule has 2 aromatic heterocycles. The van der Waals surface area contributed by atoms with E-state index in [1.54, 1.807) is 6.07 Å². The summed E-state index contributed by atoms with van der Waals surface area (Å²) in [4.78, 5) is 4.22. The van der Waals surface area contributed by atoms with Crippen LogP contribution in [0.5, 0.6) is 0 Å². The summed E-state index contributed by atoms with van der Waals surface area (Å²) >= 11 is 5.92. The first kappa shape index (κ1) is 20.5. The third kappa shape index (κ3) is 4.61. The van der Waals surface area contributed by atoms with E-state index < -0.39 is 5.82 Å². The molecular formula is C23H27ClFN3. The summed E-state index contributed by atoms with van der Waals surface area (Å²) < 4.78 is 15.3. The molecule has 0 aliphatic carbocycles. The van der Waals surface area contributed by atoms with Gasteiger partial charge in [0.05, 0.1) is 17.4 Å². The SMILES string of the molecule is CC(C)(C)c1cccc(-c2cnn(CCC(C)(C)c3cc(Cl)c(F)cn3)c2)c1. The second-order valence-electron chi connectivity index (χ2n) is 8.94. The zero-order valence-electron chi connectivity index (χ0n) is 17.1. The summed E-state index contributed by atoms with van der Waals surface area (Å²) in [5, 5.41) is 4.63. The van der Waals surface area contributed by atoms with Crippen LogP contribution in [0.4, 0.5) is 4.39 Å². The van der Waals surface area contributed by atoms with Crippen LogP contribution in [0.3, 0.4) is 0 Å². The molecule has 2 heterocycles. The normalized spacial score (nSPS) is 12.4. The number of rotatable bonds is 5. The molecule has 0 fully saturated rings. The van der Waals surface area contributed by atoms with Gasteiger partial charge in [-0.05, 0) is 29.0 Å². The summed E-state index contributed by atoms with van der Waals surface area (Å²) in [6.07, 6.45) is 5.98. The molecule has 0 aliphatic rings. The lowest BCUT2D eigenvalue weighted by atomic mass is 9.85. The van der Waals surface area contributed by atoms with Gasteiger partial charge in [-0.1, -0.05) is 70.5 Å². The molecule has 0 radical (unpaired) electrons. The van der Waals surface area contributed by atoms with Crippen LogP contribution in [-0.2, 0) is 17.4 Å². The van der Waals surface area contributed by atoms with Crippen molar-refractivity contribution >= 4 is 11.6 Å². The van der Waals surface area contributed by atoms with Crippen molar-refractivity contribution in [1.82, 2.24) is 14.8 Å². The smallest absolute Gasteiger partial charge is 0.160 e. The lowest BCUT2D eigenvalue weighted by Gasteiger charge is -2.24. The Morgan fingerprint density at radius 1 is 1.04 bits per heavy atom. The van der Waals surface area contributed by atoms with Crippen LogP contribution in [0.2, 0.25) is 5.02 Å². The molecule has 3 rings (SSSR count). The second-order valence-corrected chi connectivity index (χ2v) is 9.35. The number of hydrogen-bond donors (Lipinski definition) is 0. The maximum absolute atomic E-state index is 13.4.